The number of nitrogens with zero attached hydrogens (tertiary/aromatic N) is 3. The van der Waals surface area contributed by atoms with E-state index >= 15 is 0 Å². The summed E-state index contributed by atoms with van der Waals surface area (Å²) in [6.07, 6.45) is 2.68. The number of pyridine rings is 1. The van der Waals surface area contributed by atoms with Crippen molar-refractivity contribution in [2.45, 2.75) is 26.9 Å². The first-order valence-corrected chi connectivity index (χ1v) is 7.65. The number of rotatable bonds is 5. The Hall–Kier alpha value is -2.53. The molecule has 0 saturated heterocycles. The third-order valence-electron chi connectivity index (χ3n) is 3.52. The lowest BCUT2D eigenvalue weighted by molar-refractivity contribution is 0.277. The van der Waals surface area contributed by atoms with E-state index in [-0.39, 0.29) is 6.61 Å². The van der Waals surface area contributed by atoms with Gasteiger partial charge in [0.25, 0.3) is 5.89 Å². The Morgan fingerprint density at radius 3 is 2.39 bits per heavy atom. The molecule has 2 aromatic heterocycles. The van der Waals surface area contributed by atoms with Gasteiger partial charge in [0, 0.05) is 11.8 Å². The van der Waals surface area contributed by atoms with Crippen molar-refractivity contribution in [2.75, 3.05) is 0 Å². The van der Waals surface area contributed by atoms with Crippen LogP contribution >= 0.6 is 0 Å². The molecule has 1 aromatic carbocycles. The van der Waals surface area contributed by atoms with Crippen molar-refractivity contribution in [1.82, 2.24) is 15.1 Å². The minimum absolute atomic E-state index is 0.0852. The maximum Gasteiger partial charge on any atom is 0.259 e. The zero-order valence-electron chi connectivity index (χ0n) is 13.2. The molecule has 2 heterocycles. The molecule has 0 radical (unpaired) electrons. The van der Waals surface area contributed by atoms with E-state index in [1.807, 2.05) is 18.2 Å². The predicted molar refractivity (Wildman–Crippen MR) is 87.4 cm³/mol. The van der Waals surface area contributed by atoms with E-state index in [0.29, 0.717) is 23.3 Å². The van der Waals surface area contributed by atoms with Crippen molar-refractivity contribution >= 4 is 0 Å². The van der Waals surface area contributed by atoms with Gasteiger partial charge in [0.15, 0.2) is 0 Å². The average molecular weight is 309 g/mol. The van der Waals surface area contributed by atoms with Crippen LogP contribution < -0.4 is 0 Å². The van der Waals surface area contributed by atoms with Crippen LogP contribution in [0.15, 0.2) is 47.1 Å². The molecule has 0 aliphatic rings. The highest BCUT2D eigenvalue weighted by molar-refractivity contribution is 5.59. The summed E-state index contributed by atoms with van der Waals surface area (Å²) >= 11 is 0. The fraction of sp³-hybridized carbons (Fsp3) is 0.278. The first-order chi connectivity index (χ1) is 11.2. The first kappa shape index (κ1) is 15.4. The Morgan fingerprint density at radius 1 is 1.04 bits per heavy atom. The van der Waals surface area contributed by atoms with Gasteiger partial charge in [-0.25, -0.2) is 0 Å². The molecule has 1 N–H and O–H groups in total. The molecule has 5 nitrogen and oxygen atoms in total. The lowest BCUT2D eigenvalue weighted by Gasteiger charge is -2.04. The summed E-state index contributed by atoms with van der Waals surface area (Å²) in [5.41, 5.74) is 3.57. The molecule has 0 saturated carbocycles. The molecule has 3 aromatic rings. The van der Waals surface area contributed by atoms with Crippen molar-refractivity contribution < 1.29 is 9.63 Å². The van der Waals surface area contributed by atoms with Crippen molar-refractivity contribution in [3.05, 3.63) is 53.9 Å². The highest BCUT2D eigenvalue weighted by Crippen LogP contribution is 2.22. The Bertz CT molecular complexity index is 762. The molecule has 0 amide bonds. The second-order valence-electron chi connectivity index (χ2n) is 5.91. The van der Waals surface area contributed by atoms with E-state index in [1.165, 1.54) is 5.56 Å². The van der Waals surface area contributed by atoms with Crippen molar-refractivity contribution in [3.8, 4) is 22.8 Å². The number of hydrogen-bond acceptors (Lipinski definition) is 5. The van der Waals surface area contributed by atoms with Gasteiger partial charge in [0.1, 0.15) is 0 Å². The second-order valence-corrected chi connectivity index (χ2v) is 5.91. The average Bonchev–Trinajstić information content (AvgIpc) is 3.05. The van der Waals surface area contributed by atoms with Crippen LogP contribution in [0.25, 0.3) is 22.8 Å². The van der Waals surface area contributed by atoms with Crippen molar-refractivity contribution in [3.63, 3.8) is 0 Å². The Labute approximate surface area is 135 Å². The van der Waals surface area contributed by atoms with Gasteiger partial charge in [-0.1, -0.05) is 43.3 Å². The van der Waals surface area contributed by atoms with E-state index in [1.54, 1.807) is 12.3 Å². The molecule has 3 rings (SSSR count). The summed E-state index contributed by atoms with van der Waals surface area (Å²) in [5, 5.41) is 13.0. The zero-order valence-corrected chi connectivity index (χ0v) is 13.2. The van der Waals surface area contributed by atoms with Gasteiger partial charge in [0.05, 0.1) is 17.9 Å². The van der Waals surface area contributed by atoms with Crippen LogP contribution in [0.3, 0.4) is 0 Å². The van der Waals surface area contributed by atoms with Crippen LogP contribution in [0.2, 0.25) is 0 Å². The second kappa shape index (κ2) is 6.71. The van der Waals surface area contributed by atoms with E-state index in [9.17, 15) is 0 Å². The number of hydrogen-bond donors (Lipinski definition) is 1. The summed E-state index contributed by atoms with van der Waals surface area (Å²) in [4.78, 5) is 8.53. The van der Waals surface area contributed by atoms with Gasteiger partial charge in [0.2, 0.25) is 5.82 Å². The van der Waals surface area contributed by atoms with Crippen molar-refractivity contribution in [1.29, 1.82) is 0 Å². The molecule has 0 spiro atoms. The molecule has 5 heteroatoms. The lowest BCUT2D eigenvalue weighted by atomic mass is 10.0. The molecule has 23 heavy (non-hydrogen) atoms. The first-order valence-electron chi connectivity index (χ1n) is 7.65. The number of benzene rings is 1. The fourth-order valence-corrected chi connectivity index (χ4v) is 2.36. The van der Waals surface area contributed by atoms with Crippen LogP contribution in [0.1, 0.15) is 25.1 Å². The van der Waals surface area contributed by atoms with E-state index in [4.69, 9.17) is 9.63 Å². The highest BCUT2D eigenvalue weighted by Gasteiger charge is 2.11. The summed E-state index contributed by atoms with van der Waals surface area (Å²) in [7, 11) is 0. The van der Waals surface area contributed by atoms with Gasteiger partial charge in [-0.3, -0.25) is 4.98 Å². The van der Waals surface area contributed by atoms with Crippen LogP contribution in [0, 0.1) is 5.92 Å². The normalized spacial score (nSPS) is 11.1. The summed E-state index contributed by atoms with van der Waals surface area (Å²) in [6, 6.07) is 11.8. The maximum atomic E-state index is 9.01. The molecular weight excluding hydrogens is 290 g/mol. The Morgan fingerprint density at radius 2 is 1.78 bits per heavy atom. The fourth-order valence-electron chi connectivity index (χ4n) is 2.36. The SMILES string of the molecule is CC(C)Cc1ccc(-c2noc(-c3ccc(CO)nc3)n2)cc1. The summed E-state index contributed by atoms with van der Waals surface area (Å²) in [5.74, 6) is 1.61. The lowest BCUT2D eigenvalue weighted by Crippen LogP contribution is -1.93. The molecule has 0 bridgehead atoms. The van der Waals surface area contributed by atoms with E-state index in [0.717, 1.165) is 17.5 Å². The molecule has 0 unspecified atom stereocenters. The van der Waals surface area contributed by atoms with Crippen LogP contribution in [0.4, 0.5) is 0 Å². The molecule has 0 atom stereocenters. The third-order valence-corrected chi connectivity index (χ3v) is 3.52. The van der Waals surface area contributed by atoms with Crippen LogP contribution in [0.5, 0.6) is 0 Å². The van der Waals surface area contributed by atoms with Gasteiger partial charge in [-0.05, 0) is 30.0 Å². The Balaban J connectivity index is 1.80. The summed E-state index contributed by atoms with van der Waals surface area (Å²) in [6.45, 7) is 4.32. The monoisotopic (exact) mass is 309 g/mol. The van der Waals surface area contributed by atoms with Crippen molar-refractivity contribution in [2.24, 2.45) is 5.92 Å². The molecular formula is C18H19N3O2. The molecule has 0 aliphatic heterocycles. The van der Waals surface area contributed by atoms with E-state index in [2.05, 4.69) is 41.1 Å². The van der Waals surface area contributed by atoms with E-state index < -0.39 is 0 Å². The molecule has 0 fully saturated rings. The predicted octanol–water partition coefficient (Wildman–Crippen LogP) is 3.49. The molecule has 0 aliphatic carbocycles. The van der Waals surface area contributed by atoms with Gasteiger partial charge in [-0.2, -0.15) is 4.98 Å². The summed E-state index contributed by atoms with van der Waals surface area (Å²) < 4.78 is 5.31. The maximum absolute atomic E-state index is 9.01. The minimum atomic E-state index is -0.0852. The van der Waals surface area contributed by atoms with Gasteiger partial charge in [-0.15, -0.1) is 0 Å². The smallest absolute Gasteiger partial charge is 0.259 e. The number of aliphatic hydroxyl groups is 1. The number of aliphatic hydroxyl groups excluding tert-OH is 1. The topological polar surface area (TPSA) is 72.0 Å². The Kier molecular flexibility index (Phi) is 4.48. The molecule has 118 valence electrons. The standard InChI is InChI=1S/C18H19N3O2/c1-12(2)9-13-3-5-14(6-4-13)17-20-18(23-21-17)15-7-8-16(11-22)19-10-15/h3-8,10,12,22H,9,11H2,1-2H3. The largest absolute Gasteiger partial charge is 0.390 e. The third kappa shape index (κ3) is 3.63. The van der Waals surface area contributed by atoms with Gasteiger partial charge < -0.3 is 9.63 Å². The van der Waals surface area contributed by atoms with Crippen LogP contribution in [-0.4, -0.2) is 20.2 Å². The van der Waals surface area contributed by atoms with Crippen LogP contribution in [-0.2, 0) is 13.0 Å². The minimum Gasteiger partial charge on any atom is -0.390 e. The number of aromatic nitrogens is 3. The van der Waals surface area contributed by atoms with Gasteiger partial charge >= 0.3 is 0 Å². The highest BCUT2D eigenvalue weighted by atomic mass is 16.5. The quantitative estimate of drug-likeness (QED) is 0.781. The zero-order chi connectivity index (χ0) is 16.2.